The van der Waals surface area contributed by atoms with Gasteiger partial charge in [0, 0.05) is 32.4 Å². The normalized spacial score (nSPS) is 11.4. The highest BCUT2D eigenvalue weighted by atomic mass is 32.1. The van der Waals surface area contributed by atoms with E-state index in [9.17, 15) is 0 Å². The number of thiophene rings is 1. The number of nitrogens with zero attached hydrogens (tertiary/aromatic N) is 2. The fourth-order valence-electron chi connectivity index (χ4n) is 6.38. The van der Waals surface area contributed by atoms with Crippen molar-refractivity contribution in [3.8, 4) is 32.8 Å². The van der Waals surface area contributed by atoms with Crippen LogP contribution < -0.4 is 4.90 Å². The number of anilines is 3. The van der Waals surface area contributed by atoms with Gasteiger partial charge in [0.1, 0.15) is 5.01 Å². The quantitative estimate of drug-likeness (QED) is 0.181. The summed E-state index contributed by atoms with van der Waals surface area (Å²) in [6.45, 7) is 0. The number of aromatic nitrogens is 1. The fraction of sp³-hybridized carbons (Fsp3) is 0. The Hall–Kier alpha value is -5.55. The van der Waals surface area contributed by atoms with Crippen molar-refractivity contribution in [2.45, 2.75) is 0 Å². The zero-order valence-electron chi connectivity index (χ0n) is 25.4. The van der Waals surface area contributed by atoms with Crippen LogP contribution in [0.2, 0.25) is 0 Å². The molecule has 0 bridgehead atoms. The highest BCUT2D eigenvalue weighted by Gasteiger charge is 2.19. The van der Waals surface area contributed by atoms with Crippen molar-refractivity contribution in [2.24, 2.45) is 0 Å². The lowest BCUT2D eigenvalue weighted by Gasteiger charge is -2.26. The smallest absolute Gasteiger partial charge is 0.124 e. The first-order chi connectivity index (χ1) is 23.3. The van der Waals surface area contributed by atoms with Crippen LogP contribution in [-0.4, -0.2) is 4.98 Å². The predicted octanol–water partition coefficient (Wildman–Crippen LogP) is 13.1. The second-order valence-corrected chi connectivity index (χ2v) is 13.7. The van der Waals surface area contributed by atoms with Gasteiger partial charge in [-0.1, -0.05) is 127 Å². The molecule has 47 heavy (non-hydrogen) atoms. The first-order valence-corrected chi connectivity index (χ1v) is 17.3. The topological polar surface area (TPSA) is 16.1 Å². The highest BCUT2D eigenvalue weighted by molar-refractivity contribution is 7.27. The van der Waals surface area contributed by atoms with Crippen LogP contribution in [0.15, 0.2) is 170 Å². The van der Waals surface area contributed by atoms with Crippen molar-refractivity contribution >= 4 is 70.1 Å². The second-order valence-electron chi connectivity index (χ2n) is 11.6. The predicted molar refractivity (Wildman–Crippen MR) is 203 cm³/mol. The van der Waals surface area contributed by atoms with Crippen LogP contribution in [0.4, 0.5) is 17.1 Å². The van der Waals surface area contributed by atoms with Crippen LogP contribution in [-0.2, 0) is 0 Å². The van der Waals surface area contributed by atoms with Crippen LogP contribution in [0.25, 0.3) is 63.2 Å². The van der Waals surface area contributed by atoms with Gasteiger partial charge in [-0.2, -0.15) is 0 Å². The second kappa shape index (κ2) is 11.7. The van der Waals surface area contributed by atoms with Gasteiger partial charge in [0.15, 0.2) is 0 Å². The Morgan fingerprint density at radius 1 is 0.404 bits per heavy atom. The van der Waals surface area contributed by atoms with E-state index in [-0.39, 0.29) is 0 Å². The molecule has 0 atom stereocenters. The zero-order valence-corrected chi connectivity index (χ0v) is 27.0. The van der Waals surface area contributed by atoms with E-state index >= 15 is 0 Å². The SMILES string of the molecule is c1ccc(-c2ccc(N(c3ccc(-c4ccccc4)cc3)c3cccc4c3sc3cc5nc(-c6ccccc6)sc5cc34)cc2)cc1. The van der Waals surface area contributed by atoms with E-state index in [0.29, 0.717) is 0 Å². The summed E-state index contributed by atoms with van der Waals surface area (Å²) in [6, 6.07) is 60.8. The van der Waals surface area contributed by atoms with Gasteiger partial charge in [-0.3, -0.25) is 0 Å². The van der Waals surface area contributed by atoms with E-state index in [2.05, 4.69) is 175 Å². The van der Waals surface area contributed by atoms with Crippen molar-refractivity contribution in [3.63, 3.8) is 0 Å². The molecular formula is C43H28N2S2. The lowest BCUT2D eigenvalue weighted by atomic mass is 10.0. The molecule has 0 aliphatic carbocycles. The highest BCUT2D eigenvalue weighted by Crippen LogP contribution is 2.46. The van der Waals surface area contributed by atoms with Crippen LogP contribution in [0, 0.1) is 0 Å². The third-order valence-electron chi connectivity index (χ3n) is 8.71. The molecule has 9 aromatic rings. The number of rotatable bonds is 6. The third-order valence-corrected chi connectivity index (χ3v) is 11.0. The van der Waals surface area contributed by atoms with Crippen LogP contribution in [0.1, 0.15) is 0 Å². The summed E-state index contributed by atoms with van der Waals surface area (Å²) >= 11 is 3.61. The Balaban J connectivity index is 1.19. The van der Waals surface area contributed by atoms with E-state index < -0.39 is 0 Å². The Kier molecular flexibility index (Phi) is 6.89. The summed E-state index contributed by atoms with van der Waals surface area (Å²) < 4.78 is 3.73. The number of thiazole rings is 1. The Bertz CT molecular complexity index is 2400. The molecule has 2 nitrogen and oxygen atoms in total. The molecule has 2 heterocycles. The number of hydrogen-bond donors (Lipinski definition) is 0. The summed E-state index contributed by atoms with van der Waals surface area (Å²) in [5.74, 6) is 0. The van der Waals surface area contributed by atoms with Gasteiger partial charge in [0.05, 0.1) is 20.6 Å². The molecule has 0 aliphatic rings. The minimum Gasteiger partial charge on any atom is -0.309 e. The molecule has 0 unspecified atom stereocenters. The Morgan fingerprint density at radius 2 is 0.936 bits per heavy atom. The van der Waals surface area contributed by atoms with E-state index in [1.165, 1.54) is 52.8 Å². The largest absolute Gasteiger partial charge is 0.309 e. The first kappa shape index (κ1) is 27.7. The monoisotopic (exact) mass is 636 g/mol. The van der Waals surface area contributed by atoms with Gasteiger partial charge in [-0.15, -0.1) is 22.7 Å². The zero-order chi connectivity index (χ0) is 31.2. The molecule has 0 N–H and O–H groups in total. The molecule has 0 fully saturated rings. The fourth-order valence-corrected chi connectivity index (χ4v) is 8.59. The van der Waals surface area contributed by atoms with E-state index in [1.54, 1.807) is 11.3 Å². The summed E-state index contributed by atoms with van der Waals surface area (Å²) in [5, 5.41) is 3.61. The van der Waals surface area contributed by atoms with Gasteiger partial charge in [-0.05, 0) is 64.7 Å². The average molecular weight is 637 g/mol. The number of benzene rings is 7. The van der Waals surface area contributed by atoms with Crippen LogP contribution >= 0.6 is 22.7 Å². The van der Waals surface area contributed by atoms with E-state index in [0.717, 1.165) is 27.5 Å². The van der Waals surface area contributed by atoms with Crippen LogP contribution in [0.5, 0.6) is 0 Å². The van der Waals surface area contributed by atoms with Gasteiger partial charge in [0.25, 0.3) is 0 Å². The van der Waals surface area contributed by atoms with Crippen molar-refractivity contribution in [1.82, 2.24) is 4.98 Å². The maximum atomic E-state index is 5.04. The number of hydrogen-bond acceptors (Lipinski definition) is 4. The van der Waals surface area contributed by atoms with E-state index in [1.807, 2.05) is 11.3 Å². The number of fused-ring (bicyclic) bond motifs is 4. The molecule has 4 heteroatoms. The molecule has 0 spiro atoms. The minimum absolute atomic E-state index is 1.05. The summed E-state index contributed by atoms with van der Waals surface area (Å²) in [4.78, 5) is 7.44. The van der Waals surface area contributed by atoms with Gasteiger partial charge >= 0.3 is 0 Å². The summed E-state index contributed by atoms with van der Waals surface area (Å²) in [7, 11) is 0. The maximum absolute atomic E-state index is 5.04. The molecule has 9 rings (SSSR count). The molecule has 0 amide bonds. The molecule has 0 saturated heterocycles. The standard InChI is InChI=1S/C43H28N2S2/c1-4-11-29(12-5-1)31-19-23-34(24-20-31)45(35-25-21-32(22-26-35)30-13-6-2-7-14-30)39-18-10-17-36-37-27-41-38(28-40(37)46-42(36)39)44-43(47-41)33-15-8-3-9-16-33/h1-28H. The van der Waals surface area contributed by atoms with Crippen LogP contribution in [0.3, 0.4) is 0 Å². The minimum atomic E-state index is 1.05. The van der Waals surface area contributed by atoms with Crippen molar-refractivity contribution in [1.29, 1.82) is 0 Å². The first-order valence-electron chi connectivity index (χ1n) is 15.7. The Morgan fingerprint density at radius 3 is 1.51 bits per heavy atom. The average Bonchev–Trinajstić information content (AvgIpc) is 3.73. The van der Waals surface area contributed by atoms with Crippen molar-refractivity contribution < 1.29 is 0 Å². The summed E-state index contributed by atoms with van der Waals surface area (Å²) in [5.41, 5.74) is 10.5. The Labute approximate surface area is 281 Å². The molecule has 0 aliphatic heterocycles. The van der Waals surface area contributed by atoms with Gasteiger partial charge in [0.2, 0.25) is 0 Å². The van der Waals surface area contributed by atoms with Crippen molar-refractivity contribution in [2.75, 3.05) is 4.90 Å². The van der Waals surface area contributed by atoms with Gasteiger partial charge < -0.3 is 4.90 Å². The molecule has 7 aromatic carbocycles. The lowest BCUT2D eigenvalue weighted by Crippen LogP contribution is -2.10. The molecular weight excluding hydrogens is 609 g/mol. The molecule has 222 valence electrons. The molecule has 0 radical (unpaired) electrons. The third kappa shape index (κ3) is 5.08. The van der Waals surface area contributed by atoms with Crippen molar-refractivity contribution in [3.05, 3.63) is 170 Å². The van der Waals surface area contributed by atoms with Gasteiger partial charge in [-0.25, -0.2) is 4.98 Å². The summed E-state index contributed by atoms with van der Waals surface area (Å²) in [6.07, 6.45) is 0. The maximum Gasteiger partial charge on any atom is 0.124 e. The molecule has 2 aromatic heterocycles. The molecule has 0 saturated carbocycles. The lowest BCUT2D eigenvalue weighted by molar-refractivity contribution is 1.30. The van der Waals surface area contributed by atoms with E-state index in [4.69, 9.17) is 4.98 Å².